The number of anilines is 1. The predicted molar refractivity (Wildman–Crippen MR) is 110 cm³/mol. The highest BCUT2D eigenvalue weighted by molar-refractivity contribution is 6.00. The van der Waals surface area contributed by atoms with Crippen molar-refractivity contribution in [2.45, 2.75) is 53.7 Å². The van der Waals surface area contributed by atoms with E-state index in [0.29, 0.717) is 11.3 Å². The SMILES string of the molecule is CCn1c(C)cc(C(=O)COC(=O)c2cccc(NC(=O)OC(C)(C)C)c2)c1C. The van der Waals surface area contributed by atoms with Gasteiger partial charge in [0, 0.05) is 29.2 Å². The van der Waals surface area contributed by atoms with Crippen LogP contribution < -0.4 is 5.32 Å². The molecule has 0 radical (unpaired) electrons. The molecule has 2 aromatic rings. The van der Waals surface area contributed by atoms with E-state index < -0.39 is 17.7 Å². The molecule has 0 atom stereocenters. The number of nitrogens with zero attached hydrogens (tertiary/aromatic N) is 1. The van der Waals surface area contributed by atoms with E-state index in [1.165, 1.54) is 6.07 Å². The number of ether oxygens (including phenoxy) is 2. The number of aryl methyl sites for hydroxylation is 1. The zero-order valence-electron chi connectivity index (χ0n) is 17.8. The standard InChI is InChI=1S/C22H28N2O5/c1-7-24-14(2)11-18(15(24)3)19(25)13-28-20(26)16-9-8-10-17(12-16)23-21(27)29-22(4,5)6/h8-12H,7,13H2,1-6H3,(H,23,27). The second-order valence-electron chi connectivity index (χ2n) is 7.74. The van der Waals surface area contributed by atoms with E-state index in [2.05, 4.69) is 5.32 Å². The Bertz CT molecular complexity index is 922. The molecule has 0 unspecified atom stereocenters. The van der Waals surface area contributed by atoms with E-state index in [1.54, 1.807) is 45.0 Å². The van der Waals surface area contributed by atoms with Crippen molar-refractivity contribution in [3.8, 4) is 0 Å². The van der Waals surface area contributed by atoms with Crippen molar-refractivity contribution in [3.05, 3.63) is 52.8 Å². The number of Topliss-reactive ketones (excluding diaryl/α,β-unsaturated/α-hetero) is 1. The highest BCUT2D eigenvalue weighted by atomic mass is 16.6. The Hall–Kier alpha value is -3.09. The maximum absolute atomic E-state index is 12.5. The van der Waals surface area contributed by atoms with Crippen molar-refractivity contribution >= 4 is 23.5 Å². The summed E-state index contributed by atoms with van der Waals surface area (Å²) >= 11 is 0. The zero-order chi connectivity index (χ0) is 21.8. The molecule has 1 aromatic carbocycles. The molecule has 1 amide bonds. The summed E-state index contributed by atoms with van der Waals surface area (Å²) in [5.74, 6) is -0.898. The van der Waals surface area contributed by atoms with Crippen molar-refractivity contribution in [1.82, 2.24) is 4.57 Å². The number of benzene rings is 1. The Morgan fingerprint density at radius 3 is 2.38 bits per heavy atom. The Balaban J connectivity index is 2.01. The van der Waals surface area contributed by atoms with E-state index >= 15 is 0 Å². The molecular formula is C22H28N2O5. The molecule has 0 bridgehead atoms. The summed E-state index contributed by atoms with van der Waals surface area (Å²) in [6.07, 6.45) is -0.621. The summed E-state index contributed by atoms with van der Waals surface area (Å²) in [5.41, 5.74) is 2.39. The van der Waals surface area contributed by atoms with Crippen LogP contribution in [0.5, 0.6) is 0 Å². The molecule has 1 N–H and O–H groups in total. The molecule has 0 aliphatic rings. The summed E-state index contributed by atoms with van der Waals surface area (Å²) in [5, 5.41) is 2.57. The van der Waals surface area contributed by atoms with Crippen LogP contribution in [0.3, 0.4) is 0 Å². The molecule has 2 rings (SSSR count). The lowest BCUT2D eigenvalue weighted by Gasteiger charge is -2.19. The second-order valence-corrected chi connectivity index (χ2v) is 7.74. The monoisotopic (exact) mass is 400 g/mol. The summed E-state index contributed by atoms with van der Waals surface area (Å²) in [4.78, 5) is 36.7. The van der Waals surface area contributed by atoms with Gasteiger partial charge < -0.3 is 14.0 Å². The minimum Gasteiger partial charge on any atom is -0.454 e. The van der Waals surface area contributed by atoms with Gasteiger partial charge in [-0.15, -0.1) is 0 Å². The number of aromatic nitrogens is 1. The molecule has 0 aliphatic heterocycles. The van der Waals surface area contributed by atoms with Crippen LogP contribution in [0.4, 0.5) is 10.5 Å². The van der Waals surface area contributed by atoms with Gasteiger partial charge in [0.1, 0.15) is 5.60 Å². The quantitative estimate of drug-likeness (QED) is 0.569. The van der Waals surface area contributed by atoms with Crippen LogP contribution in [0, 0.1) is 13.8 Å². The fraction of sp³-hybridized carbons (Fsp3) is 0.409. The van der Waals surface area contributed by atoms with Crippen molar-refractivity contribution in [2.24, 2.45) is 0 Å². The first-order chi connectivity index (χ1) is 13.5. The first-order valence-electron chi connectivity index (χ1n) is 9.49. The molecule has 0 aliphatic carbocycles. The first kappa shape index (κ1) is 22.2. The van der Waals surface area contributed by atoms with Crippen molar-refractivity contribution in [1.29, 1.82) is 0 Å². The zero-order valence-corrected chi connectivity index (χ0v) is 17.8. The molecule has 1 heterocycles. The lowest BCUT2D eigenvalue weighted by Crippen LogP contribution is -2.27. The lowest BCUT2D eigenvalue weighted by atomic mass is 10.1. The topological polar surface area (TPSA) is 86.6 Å². The number of carbonyl (C=O) groups is 3. The third-order valence-corrected chi connectivity index (χ3v) is 4.27. The summed E-state index contributed by atoms with van der Waals surface area (Å²) in [6, 6.07) is 8.07. The molecule has 7 nitrogen and oxygen atoms in total. The third kappa shape index (κ3) is 5.94. The van der Waals surface area contributed by atoms with Crippen LogP contribution in [0.2, 0.25) is 0 Å². The highest BCUT2D eigenvalue weighted by Gasteiger charge is 2.19. The van der Waals surface area contributed by atoms with Crippen LogP contribution in [-0.4, -0.2) is 34.6 Å². The van der Waals surface area contributed by atoms with Gasteiger partial charge >= 0.3 is 12.1 Å². The minimum atomic E-state index is -0.643. The van der Waals surface area contributed by atoms with Crippen LogP contribution >= 0.6 is 0 Å². The Labute approximate surface area is 171 Å². The van der Waals surface area contributed by atoms with Gasteiger partial charge in [-0.25, -0.2) is 9.59 Å². The van der Waals surface area contributed by atoms with Gasteiger partial charge in [0.25, 0.3) is 0 Å². The van der Waals surface area contributed by atoms with Gasteiger partial charge in [-0.1, -0.05) is 6.07 Å². The van der Waals surface area contributed by atoms with Crippen molar-refractivity contribution < 1.29 is 23.9 Å². The highest BCUT2D eigenvalue weighted by Crippen LogP contribution is 2.17. The number of rotatable bonds is 6. The Morgan fingerprint density at radius 1 is 1.10 bits per heavy atom. The molecular weight excluding hydrogens is 372 g/mol. The lowest BCUT2D eigenvalue weighted by molar-refractivity contribution is 0.0474. The Morgan fingerprint density at radius 2 is 1.79 bits per heavy atom. The van der Waals surface area contributed by atoms with Crippen LogP contribution in [0.15, 0.2) is 30.3 Å². The van der Waals surface area contributed by atoms with Crippen LogP contribution in [-0.2, 0) is 16.0 Å². The Kier molecular flexibility index (Phi) is 6.84. The van der Waals surface area contributed by atoms with Gasteiger partial charge in [-0.3, -0.25) is 10.1 Å². The average molecular weight is 400 g/mol. The average Bonchev–Trinajstić information content (AvgIpc) is 2.91. The molecule has 29 heavy (non-hydrogen) atoms. The number of hydrogen-bond donors (Lipinski definition) is 1. The van der Waals surface area contributed by atoms with Gasteiger partial charge in [-0.2, -0.15) is 0 Å². The number of nitrogens with one attached hydrogen (secondary N) is 1. The van der Waals surface area contributed by atoms with Crippen molar-refractivity contribution in [3.63, 3.8) is 0 Å². The molecule has 0 saturated carbocycles. The normalized spacial score (nSPS) is 11.1. The van der Waals surface area contributed by atoms with Gasteiger partial charge in [0.05, 0.1) is 5.56 Å². The van der Waals surface area contributed by atoms with E-state index in [0.717, 1.165) is 17.9 Å². The fourth-order valence-electron chi connectivity index (χ4n) is 3.01. The van der Waals surface area contributed by atoms with Crippen LogP contribution in [0.25, 0.3) is 0 Å². The maximum atomic E-state index is 12.5. The number of carbonyl (C=O) groups excluding carboxylic acids is 3. The van der Waals surface area contributed by atoms with E-state index in [4.69, 9.17) is 9.47 Å². The minimum absolute atomic E-state index is 0.227. The largest absolute Gasteiger partial charge is 0.454 e. The predicted octanol–water partition coefficient (Wildman–Crippen LogP) is 4.51. The van der Waals surface area contributed by atoms with E-state index in [9.17, 15) is 14.4 Å². The number of ketones is 1. The van der Waals surface area contributed by atoms with Gasteiger partial charge in [0.15, 0.2) is 6.61 Å². The van der Waals surface area contributed by atoms with Gasteiger partial charge in [0.2, 0.25) is 5.78 Å². The number of esters is 1. The first-order valence-corrected chi connectivity index (χ1v) is 9.49. The number of amides is 1. The van der Waals surface area contributed by atoms with Gasteiger partial charge in [-0.05, 0) is 65.8 Å². The van der Waals surface area contributed by atoms with E-state index in [1.807, 2.05) is 25.3 Å². The molecule has 0 spiro atoms. The van der Waals surface area contributed by atoms with E-state index in [-0.39, 0.29) is 18.0 Å². The molecule has 0 fully saturated rings. The van der Waals surface area contributed by atoms with Crippen molar-refractivity contribution in [2.75, 3.05) is 11.9 Å². The van der Waals surface area contributed by atoms with Crippen LogP contribution in [0.1, 0.15) is 59.8 Å². The third-order valence-electron chi connectivity index (χ3n) is 4.27. The summed E-state index contributed by atoms with van der Waals surface area (Å²) < 4.78 is 12.4. The number of hydrogen-bond acceptors (Lipinski definition) is 5. The maximum Gasteiger partial charge on any atom is 0.412 e. The fourth-order valence-corrected chi connectivity index (χ4v) is 3.01. The molecule has 156 valence electrons. The smallest absolute Gasteiger partial charge is 0.412 e. The summed E-state index contributed by atoms with van der Waals surface area (Å²) in [7, 11) is 0. The molecule has 1 aromatic heterocycles. The second kappa shape index (κ2) is 8.94. The molecule has 0 saturated heterocycles. The molecule has 7 heteroatoms. The summed E-state index contributed by atoms with van der Waals surface area (Å²) in [6.45, 7) is 11.5.